The average Bonchev–Trinajstić information content (AvgIpc) is 2.47. The Labute approximate surface area is 129 Å². The summed E-state index contributed by atoms with van der Waals surface area (Å²) in [6.07, 6.45) is 0. The molecule has 1 nitrogen and oxygen atoms in total. The molecular formula is C17H15Cl2N. The van der Waals surface area contributed by atoms with E-state index in [0.29, 0.717) is 0 Å². The van der Waals surface area contributed by atoms with Crippen LogP contribution < -0.4 is 4.90 Å². The van der Waals surface area contributed by atoms with Crippen LogP contribution in [0.25, 0.3) is 5.03 Å². The molecule has 0 unspecified atom stereocenters. The van der Waals surface area contributed by atoms with Crippen LogP contribution in [0.5, 0.6) is 0 Å². The van der Waals surface area contributed by atoms with Crippen LogP contribution in [0.15, 0.2) is 54.1 Å². The molecule has 20 heavy (non-hydrogen) atoms. The van der Waals surface area contributed by atoms with Crippen LogP contribution >= 0.6 is 23.2 Å². The van der Waals surface area contributed by atoms with E-state index in [1.54, 1.807) is 0 Å². The maximum atomic E-state index is 6.42. The van der Waals surface area contributed by atoms with Crippen molar-refractivity contribution in [3.63, 3.8) is 0 Å². The molecule has 0 atom stereocenters. The Morgan fingerprint density at radius 3 is 2.45 bits per heavy atom. The topological polar surface area (TPSA) is 3.24 Å². The lowest BCUT2D eigenvalue weighted by molar-refractivity contribution is 0.836. The minimum absolute atomic E-state index is 0.770. The fraction of sp³-hybridized carbons (Fsp3) is 0.176. The van der Waals surface area contributed by atoms with Crippen molar-refractivity contribution in [2.24, 2.45) is 0 Å². The van der Waals surface area contributed by atoms with Gasteiger partial charge in [-0.15, -0.1) is 0 Å². The van der Waals surface area contributed by atoms with Crippen molar-refractivity contribution in [3.05, 3.63) is 70.3 Å². The van der Waals surface area contributed by atoms with E-state index in [-0.39, 0.29) is 0 Å². The molecule has 1 aliphatic heterocycles. The first kappa shape index (κ1) is 13.5. The van der Waals surface area contributed by atoms with Gasteiger partial charge in [0, 0.05) is 29.4 Å². The van der Waals surface area contributed by atoms with Crippen LogP contribution in [-0.4, -0.2) is 6.54 Å². The third-order valence-electron chi connectivity index (χ3n) is 3.57. The Bertz CT molecular complexity index is 659. The SMILES string of the molecule is CC1=C(Cl)c2ccccc2N(Cc2ccc(Cl)cc2)C1. The molecule has 0 N–H and O–H groups in total. The molecule has 0 radical (unpaired) electrons. The lowest BCUT2D eigenvalue weighted by atomic mass is 10.0. The third-order valence-corrected chi connectivity index (χ3v) is 4.35. The Kier molecular flexibility index (Phi) is 3.73. The van der Waals surface area contributed by atoms with Crippen LogP contribution in [0.3, 0.4) is 0 Å². The predicted octanol–water partition coefficient (Wildman–Crippen LogP) is 5.33. The number of nitrogens with zero attached hydrogens (tertiary/aromatic N) is 1. The summed E-state index contributed by atoms with van der Waals surface area (Å²) in [5.41, 5.74) is 4.76. The number of hydrogen-bond acceptors (Lipinski definition) is 1. The maximum Gasteiger partial charge on any atom is 0.0506 e. The number of benzene rings is 2. The van der Waals surface area contributed by atoms with Crippen LogP contribution in [0.1, 0.15) is 18.1 Å². The molecule has 0 saturated heterocycles. The lowest BCUT2D eigenvalue weighted by Crippen LogP contribution is -2.28. The second-order valence-electron chi connectivity index (χ2n) is 5.09. The van der Waals surface area contributed by atoms with Gasteiger partial charge in [-0.25, -0.2) is 0 Å². The molecule has 0 spiro atoms. The number of para-hydroxylation sites is 1. The number of rotatable bonds is 2. The summed E-state index contributed by atoms with van der Waals surface area (Å²) in [5, 5.41) is 1.65. The minimum Gasteiger partial charge on any atom is -0.363 e. The first-order chi connectivity index (χ1) is 9.65. The molecule has 0 aliphatic carbocycles. The predicted molar refractivity (Wildman–Crippen MR) is 87.4 cm³/mol. The van der Waals surface area contributed by atoms with Gasteiger partial charge in [-0.1, -0.05) is 53.5 Å². The third kappa shape index (κ3) is 2.56. The lowest BCUT2D eigenvalue weighted by Gasteiger charge is -2.32. The Balaban J connectivity index is 1.94. The van der Waals surface area contributed by atoms with E-state index < -0.39 is 0 Å². The molecule has 0 amide bonds. The van der Waals surface area contributed by atoms with Crippen molar-refractivity contribution >= 4 is 33.9 Å². The van der Waals surface area contributed by atoms with E-state index in [1.807, 2.05) is 18.2 Å². The molecule has 2 aromatic carbocycles. The summed E-state index contributed by atoms with van der Waals surface area (Å²) in [6, 6.07) is 16.3. The fourth-order valence-corrected chi connectivity index (χ4v) is 2.90. The largest absolute Gasteiger partial charge is 0.363 e. The average molecular weight is 304 g/mol. The first-order valence-electron chi connectivity index (χ1n) is 6.59. The molecule has 0 fully saturated rings. The number of hydrogen-bond donors (Lipinski definition) is 0. The van der Waals surface area contributed by atoms with E-state index in [0.717, 1.165) is 28.7 Å². The Morgan fingerprint density at radius 1 is 1.00 bits per heavy atom. The van der Waals surface area contributed by atoms with Crippen LogP contribution in [0.2, 0.25) is 5.02 Å². The second-order valence-corrected chi connectivity index (χ2v) is 5.91. The molecule has 1 heterocycles. The summed E-state index contributed by atoms with van der Waals surface area (Å²) >= 11 is 12.4. The monoisotopic (exact) mass is 303 g/mol. The molecule has 1 aliphatic rings. The van der Waals surface area contributed by atoms with Crippen molar-refractivity contribution in [1.29, 1.82) is 0 Å². The minimum atomic E-state index is 0.770. The van der Waals surface area contributed by atoms with Gasteiger partial charge in [0.25, 0.3) is 0 Å². The van der Waals surface area contributed by atoms with Crippen LogP contribution in [-0.2, 0) is 6.54 Å². The normalized spacial score (nSPS) is 14.4. The van der Waals surface area contributed by atoms with Crippen molar-refractivity contribution in [2.75, 3.05) is 11.4 Å². The Morgan fingerprint density at radius 2 is 1.70 bits per heavy atom. The molecule has 3 heteroatoms. The number of fused-ring (bicyclic) bond motifs is 1. The second kappa shape index (κ2) is 5.51. The summed E-state index contributed by atoms with van der Waals surface area (Å²) in [4.78, 5) is 2.35. The van der Waals surface area contributed by atoms with Gasteiger partial charge in [0.15, 0.2) is 0 Å². The fourth-order valence-electron chi connectivity index (χ4n) is 2.56. The van der Waals surface area contributed by atoms with Gasteiger partial charge >= 0.3 is 0 Å². The summed E-state index contributed by atoms with van der Waals surface area (Å²) in [6.45, 7) is 3.81. The number of anilines is 1. The highest BCUT2D eigenvalue weighted by Gasteiger charge is 2.20. The smallest absolute Gasteiger partial charge is 0.0506 e. The van der Waals surface area contributed by atoms with Crippen LogP contribution in [0, 0.1) is 0 Å². The molecule has 3 rings (SSSR count). The molecule has 102 valence electrons. The standard InChI is InChI=1S/C17H15Cl2N/c1-12-10-20(11-13-6-8-14(18)9-7-13)16-5-3-2-4-15(16)17(12)19/h2-9H,10-11H2,1H3. The molecule has 0 bridgehead atoms. The van der Waals surface area contributed by atoms with Crippen molar-refractivity contribution in [2.45, 2.75) is 13.5 Å². The van der Waals surface area contributed by atoms with Crippen LogP contribution in [0.4, 0.5) is 5.69 Å². The molecule has 2 aromatic rings. The van der Waals surface area contributed by atoms with E-state index in [2.05, 4.69) is 42.2 Å². The molecule has 0 saturated carbocycles. The van der Waals surface area contributed by atoms with Gasteiger partial charge in [-0.2, -0.15) is 0 Å². The molecule has 0 aromatic heterocycles. The van der Waals surface area contributed by atoms with E-state index >= 15 is 0 Å². The number of halogens is 2. The summed E-state index contributed by atoms with van der Waals surface area (Å²) < 4.78 is 0. The van der Waals surface area contributed by atoms with Gasteiger partial charge in [-0.3, -0.25) is 0 Å². The zero-order chi connectivity index (χ0) is 14.1. The van der Waals surface area contributed by atoms with Crippen molar-refractivity contribution in [3.8, 4) is 0 Å². The highest BCUT2D eigenvalue weighted by Crippen LogP contribution is 2.37. The van der Waals surface area contributed by atoms with Gasteiger partial charge in [0.2, 0.25) is 0 Å². The van der Waals surface area contributed by atoms with Gasteiger partial charge < -0.3 is 4.90 Å². The van der Waals surface area contributed by atoms with E-state index in [1.165, 1.54) is 16.8 Å². The molecular weight excluding hydrogens is 289 g/mol. The zero-order valence-electron chi connectivity index (χ0n) is 11.2. The summed E-state index contributed by atoms with van der Waals surface area (Å²) in [7, 11) is 0. The highest BCUT2D eigenvalue weighted by atomic mass is 35.5. The van der Waals surface area contributed by atoms with E-state index in [9.17, 15) is 0 Å². The van der Waals surface area contributed by atoms with Crippen molar-refractivity contribution in [1.82, 2.24) is 0 Å². The zero-order valence-corrected chi connectivity index (χ0v) is 12.7. The highest BCUT2D eigenvalue weighted by molar-refractivity contribution is 6.50. The Hall–Kier alpha value is -1.44. The summed E-state index contributed by atoms with van der Waals surface area (Å²) in [5.74, 6) is 0. The van der Waals surface area contributed by atoms with Gasteiger partial charge in [-0.05, 0) is 36.3 Å². The van der Waals surface area contributed by atoms with Gasteiger partial charge in [0.05, 0.1) is 5.03 Å². The van der Waals surface area contributed by atoms with Gasteiger partial charge in [0.1, 0.15) is 0 Å². The van der Waals surface area contributed by atoms with Crippen molar-refractivity contribution < 1.29 is 0 Å². The first-order valence-corrected chi connectivity index (χ1v) is 7.35. The quantitative estimate of drug-likeness (QED) is 0.725. The maximum absolute atomic E-state index is 6.42. The van der Waals surface area contributed by atoms with E-state index in [4.69, 9.17) is 23.2 Å².